The predicted octanol–water partition coefficient (Wildman–Crippen LogP) is 1.13. The largest absolute Gasteiger partial charge is 0.464 e. The third-order valence-electron chi connectivity index (χ3n) is 2.02. The van der Waals surface area contributed by atoms with Crippen LogP contribution < -0.4 is 5.56 Å². The average Bonchev–Trinajstić information content (AvgIpc) is 2.27. The second kappa shape index (κ2) is 3.94. The van der Waals surface area contributed by atoms with Crippen molar-refractivity contribution in [1.29, 1.82) is 0 Å². The zero-order valence-corrected chi connectivity index (χ0v) is 9.06. The Bertz CT molecular complexity index is 621. The number of methoxy groups -OCH3 is 1. The molecule has 2 aromatic heterocycles. The molecule has 2 heterocycles. The summed E-state index contributed by atoms with van der Waals surface area (Å²) in [5.41, 5.74) is -0.0859. The Labute approximate surface area is 95.2 Å². The highest BCUT2D eigenvalue weighted by Gasteiger charge is 2.10. The monoisotopic (exact) mass is 238 g/mol. The van der Waals surface area contributed by atoms with Gasteiger partial charge in [-0.25, -0.2) is 9.78 Å². The Morgan fingerprint density at radius 2 is 2.25 bits per heavy atom. The van der Waals surface area contributed by atoms with Crippen molar-refractivity contribution >= 4 is 23.2 Å². The maximum Gasteiger partial charge on any atom is 0.356 e. The fraction of sp³-hybridized carbons (Fsp3) is 0.100. The molecule has 16 heavy (non-hydrogen) atoms. The van der Waals surface area contributed by atoms with Crippen molar-refractivity contribution in [2.24, 2.45) is 0 Å². The molecule has 0 aromatic carbocycles. The number of hydrogen-bond donors (Lipinski definition) is 0. The van der Waals surface area contributed by atoms with Crippen LogP contribution in [0.4, 0.5) is 0 Å². The van der Waals surface area contributed by atoms with Crippen molar-refractivity contribution in [2.45, 2.75) is 0 Å². The molecule has 0 atom stereocenters. The Morgan fingerprint density at radius 3 is 2.94 bits per heavy atom. The highest BCUT2D eigenvalue weighted by molar-refractivity contribution is 6.30. The lowest BCUT2D eigenvalue weighted by atomic mass is 10.4. The second-order valence-corrected chi connectivity index (χ2v) is 3.48. The van der Waals surface area contributed by atoms with Gasteiger partial charge in [0.25, 0.3) is 5.56 Å². The van der Waals surface area contributed by atoms with Gasteiger partial charge in [0.05, 0.1) is 7.11 Å². The molecule has 0 amide bonds. The maximum atomic E-state index is 11.6. The van der Waals surface area contributed by atoms with E-state index in [9.17, 15) is 9.59 Å². The molecule has 0 N–H and O–H groups in total. The van der Waals surface area contributed by atoms with Gasteiger partial charge in [0, 0.05) is 23.4 Å². The van der Waals surface area contributed by atoms with Gasteiger partial charge >= 0.3 is 5.97 Å². The second-order valence-electron chi connectivity index (χ2n) is 3.04. The van der Waals surface area contributed by atoms with Crippen LogP contribution in [0.3, 0.4) is 0 Å². The van der Waals surface area contributed by atoms with Crippen molar-refractivity contribution in [3.63, 3.8) is 0 Å². The van der Waals surface area contributed by atoms with Crippen LogP contribution >= 0.6 is 11.6 Å². The van der Waals surface area contributed by atoms with Crippen molar-refractivity contribution in [2.75, 3.05) is 7.11 Å². The number of aromatic nitrogens is 2. The van der Waals surface area contributed by atoms with Crippen molar-refractivity contribution < 1.29 is 9.53 Å². The van der Waals surface area contributed by atoms with Gasteiger partial charge in [0.15, 0.2) is 5.69 Å². The normalized spacial score (nSPS) is 10.4. The molecule has 5 nitrogen and oxygen atoms in total. The average molecular weight is 239 g/mol. The molecule has 2 aromatic rings. The molecule has 0 radical (unpaired) electrons. The van der Waals surface area contributed by atoms with E-state index in [1.54, 1.807) is 6.07 Å². The van der Waals surface area contributed by atoms with E-state index in [2.05, 4.69) is 9.72 Å². The van der Waals surface area contributed by atoms with E-state index in [4.69, 9.17) is 11.6 Å². The number of fused-ring (bicyclic) bond motifs is 1. The summed E-state index contributed by atoms with van der Waals surface area (Å²) in [6, 6.07) is 4.18. The Morgan fingerprint density at radius 1 is 1.50 bits per heavy atom. The number of ether oxygens (including phenoxy) is 1. The third-order valence-corrected chi connectivity index (χ3v) is 2.26. The van der Waals surface area contributed by atoms with Gasteiger partial charge in [-0.3, -0.25) is 9.20 Å². The van der Waals surface area contributed by atoms with Gasteiger partial charge in [0.1, 0.15) is 5.65 Å². The third kappa shape index (κ3) is 1.77. The SMILES string of the molecule is COC(=O)c1cc(=O)n2ccc(Cl)cc2n1. The molecule has 0 unspecified atom stereocenters. The predicted molar refractivity (Wildman–Crippen MR) is 57.8 cm³/mol. The van der Waals surface area contributed by atoms with Gasteiger partial charge in [-0.15, -0.1) is 0 Å². The minimum absolute atomic E-state index is 0.0326. The van der Waals surface area contributed by atoms with Gasteiger partial charge in [-0.2, -0.15) is 0 Å². The molecular weight excluding hydrogens is 232 g/mol. The molecule has 6 heteroatoms. The first-order chi connectivity index (χ1) is 7.61. The molecule has 0 aliphatic heterocycles. The standard InChI is InChI=1S/C10H7ClN2O3/c1-16-10(15)7-5-9(14)13-3-2-6(11)4-8(13)12-7/h2-5H,1H3. The molecule has 82 valence electrons. The molecule has 0 aliphatic carbocycles. The van der Waals surface area contributed by atoms with Crippen LogP contribution in [-0.2, 0) is 4.74 Å². The van der Waals surface area contributed by atoms with Gasteiger partial charge in [-0.05, 0) is 6.07 Å². The smallest absolute Gasteiger partial charge is 0.356 e. The van der Waals surface area contributed by atoms with Crippen LogP contribution in [0.15, 0.2) is 29.2 Å². The maximum absolute atomic E-state index is 11.6. The zero-order valence-electron chi connectivity index (χ0n) is 8.31. The molecule has 0 aliphatic rings. The molecule has 0 fully saturated rings. The summed E-state index contributed by atoms with van der Waals surface area (Å²) in [4.78, 5) is 26.8. The van der Waals surface area contributed by atoms with Gasteiger partial charge in [0.2, 0.25) is 0 Å². The van der Waals surface area contributed by atoms with Crippen molar-refractivity contribution in [3.05, 3.63) is 45.5 Å². The van der Waals surface area contributed by atoms with E-state index in [-0.39, 0.29) is 11.3 Å². The molecule has 0 bridgehead atoms. The van der Waals surface area contributed by atoms with Crippen LogP contribution in [0.5, 0.6) is 0 Å². The summed E-state index contributed by atoms with van der Waals surface area (Å²) in [7, 11) is 1.23. The Hall–Kier alpha value is -1.88. The minimum Gasteiger partial charge on any atom is -0.464 e. The summed E-state index contributed by atoms with van der Waals surface area (Å²) < 4.78 is 5.78. The Kier molecular flexibility index (Phi) is 2.62. The van der Waals surface area contributed by atoms with E-state index in [0.717, 1.165) is 6.07 Å². The molecule has 0 spiro atoms. The summed E-state index contributed by atoms with van der Waals surface area (Å²) in [6.07, 6.45) is 1.49. The molecule has 0 saturated carbocycles. The minimum atomic E-state index is -0.653. The van der Waals surface area contributed by atoms with Crippen LogP contribution in [-0.4, -0.2) is 22.5 Å². The van der Waals surface area contributed by atoms with Gasteiger partial charge in [-0.1, -0.05) is 11.6 Å². The molecular formula is C10H7ClN2O3. The van der Waals surface area contributed by atoms with E-state index < -0.39 is 5.97 Å². The lowest BCUT2D eigenvalue weighted by Gasteiger charge is -2.02. The van der Waals surface area contributed by atoms with E-state index in [1.165, 1.54) is 23.8 Å². The van der Waals surface area contributed by atoms with Crippen LogP contribution in [0.1, 0.15) is 10.5 Å². The summed E-state index contributed by atoms with van der Waals surface area (Å²) in [6.45, 7) is 0. The van der Waals surface area contributed by atoms with Crippen LogP contribution in [0.2, 0.25) is 5.02 Å². The molecule has 2 rings (SSSR count). The Balaban J connectivity index is 2.75. The zero-order chi connectivity index (χ0) is 11.7. The fourth-order valence-corrected chi connectivity index (χ4v) is 1.44. The molecule has 0 saturated heterocycles. The number of nitrogens with zero attached hydrogens (tertiary/aromatic N) is 2. The first kappa shape index (κ1) is 10.6. The summed E-state index contributed by atoms with van der Waals surface area (Å²) in [5, 5.41) is 0.439. The number of esters is 1. The lowest BCUT2D eigenvalue weighted by molar-refractivity contribution is 0.0594. The topological polar surface area (TPSA) is 60.7 Å². The number of hydrogen-bond acceptors (Lipinski definition) is 4. The van der Waals surface area contributed by atoms with Gasteiger partial charge < -0.3 is 4.74 Å². The summed E-state index contributed by atoms with van der Waals surface area (Å²) in [5.74, 6) is -0.653. The number of pyridine rings is 1. The number of carbonyl (C=O) groups is 1. The van der Waals surface area contributed by atoms with Crippen LogP contribution in [0, 0.1) is 0 Å². The van der Waals surface area contributed by atoms with Crippen molar-refractivity contribution in [3.8, 4) is 0 Å². The van der Waals surface area contributed by atoms with E-state index in [1.807, 2.05) is 0 Å². The number of rotatable bonds is 1. The first-order valence-electron chi connectivity index (χ1n) is 4.39. The van der Waals surface area contributed by atoms with E-state index >= 15 is 0 Å². The fourth-order valence-electron chi connectivity index (χ4n) is 1.29. The highest BCUT2D eigenvalue weighted by Crippen LogP contribution is 2.09. The van der Waals surface area contributed by atoms with Crippen molar-refractivity contribution in [1.82, 2.24) is 9.38 Å². The highest BCUT2D eigenvalue weighted by atomic mass is 35.5. The lowest BCUT2D eigenvalue weighted by Crippen LogP contribution is -2.18. The number of halogens is 1. The van der Waals surface area contributed by atoms with Crippen LogP contribution in [0.25, 0.3) is 5.65 Å². The summed E-state index contributed by atoms with van der Waals surface area (Å²) >= 11 is 5.77. The first-order valence-corrected chi connectivity index (χ1v) is 4.77. The quantitative estimate of drug-likeness (QED) is 0.699. The number of carbonyl (C=O) groups excluding carboxylic acids is 1. The van der Waals surface area contributed by atoms with E-state index in [0.29, 0.717) is 10.7 Å².